The van der Waals surface area contributed by atoms with E-state index in [9.17, 15) is 4.79 Å². The van der Waals surface area contributed by atoms with Crippen molar-refractivity contribution in [3.63, 3.8) is 0 Å². The number of para-hydroxylation sites is 1. The van der Waals surface area contributed by atoms with Crippen molar-refractivity contribution in [1.82, 2.24) is 20.2 Å². The van der Waals surface area contributed by atoms with E-state index in [4.69, 9.17) is 0 Å². The summed E-state index contributed by atoms with van der Waals surface area (Å²) in [5, 5.41) is 3.89. The van der Waals surface area contributed by atoms with Crippen LogP contribution >= 0.6 is 0 Å². The van der Waals surface area contributed by atoms with Crippen LogP contribution in [0.2, 0.25) is 0 Å². The average molecular weight is 348 g/mol. The van der Waals surface area contributed by atoms with Crippen molar-refractivity contribution in [1.29, 1.82) is 0 Å². The minimum atomic E-state index is -0.0760. The Morgan fingerprint density at radius 3 is 2.54 bits per heavy atom. The van der Waals surface area contributed by atoms with Crippen LogP contribution in [-0.2, 0) is 0 Å². The largest absolute Gasteiger partial charge is 0.351 e. The molecule has 1 aromatic carbocycles. The van der Waals surface area contributed by atoms with Gasteiger partial charge in [-0.25, -0.2) is 4.98 Å². The summed E-state index contributed by atoms with van der Waals surface area (Å²) in [7, 11) is 0. The second-order valence-electron chi connectivity index (χ2n) is 6.07. The molecule has 0 fully saturated rings. The third-order valence-corrected chi connectivity index (χ3v) is 4.50. The highest BCUT2D eigenvalue weighted by atomic mass is 16.1. The first kappa shape index (κ1) is 18.0. The Kier molecular flexibility index (Phi) is 5.92. The van der Waals surface area contributed by atoms with Gasteiger partial charge in [-0.3, -0.25) is 9.78 Å². The zero-order valence-electron chi connectivity index (χ0n) is 15.3. The predicted octanol–water partition coefficient (Wildman–Crippen LogP) is 3.37. The van der Waals surface area contributed by atoms with Crippen LogP contribution in [0.1, 0.15) is 24.2 Å². The summed E-state index contributed by atoms with van der Waals surface area (Å²) in [6, 6.07) is 15.2. The smallest absolute Gasteiger partial charge is 0.252 e. The van der Waals surface area contributed by atoms with Crippen LogP contribution in [0.15, 0.2) is 54.7 Å². The van der Waals surface area contributed by atoms with Crippen LogP contribution < -0.4 is 5.32 Å². The maximum atomic E-state index is 12.8. The van der Waals surface area contributed by atoms with E-state index in [2.05, 4.69) is 34.0 Å². The third-order valence-electron chi connectivity index (χ3n) is 4.50. The molecule has 0 saturated heterocycles. The van der Waals surface area contributed by atoms with Gasteiger partial charge in [-0.15, -0.1) is 0 Å². The molecule has 3 rings (SSSR count). The lowest BCUT2D eigenvalue weighted by atomic mass is 10.1. The predicted molar refractivity (Wildman–Crippen MR) is 105 cm³/mol. The molecule has 1 N–H and O–H groups in total. The molecule has 2 aromatic heterocycles. The van der Waals surface area contributed by atoms with Crippen molar-refractivity contribution in [2.45, 2.75) is 13.8 Å². The van der Waals surface area contributed by atoms with Crippen LogP contribution in [0.3, 0.4) is 0 Å². The maximum absolute atomic E-state index is 12.8. The van der Waals surface area contributed by atoms with Crippen LogP contribution in [0.4, 0.5) is 0 Å². The highest BCUT2D eigenvalue weighted by Gasteiger charge is 2.14. The zero-order chi connectivity index (χ0) is 18.4. The molecule has 26 heavy (non-hydrogen) atoms. The standard InChI is InChI=1S/C21H24N4O/c1-3-25(4-2)14-13-23-21(26)17-15-20(19-11-7-8-12-22-19)24-18-10-6-5-9-16(17)18/h5-12,15H,3-4,13-14H2,1-2H3,(H,23,26). The molecule has 0 aliphatic carbocycles. The van der Waals surface area contributed by atoms with Gasteiger partial charge in [0.05, 0.1) is 22.5 Å². The fraction of sp³-hybridized carbons (Fsp3) is 0.286. The first-order valence-corrected chi connectivity index (χ1v) is 9.04. The monoisotopic (exact) mass is 348 g/mol. The number of fused-ring (bicyclic) bond motifs is 1. The van der Waals surface area contributed by atoms with Gasteiger partial charge in [0.1, 0.15) is 0 Å². The Balaban J connectivity index is 1.90. The molecule has 0 atom stereocenters. The first-order valence-electron chi connectivity index (χ1n) is 9.04. The van der Waals surface area contributed by atoms with Gasteiger partial charge in [0.25, 0.3) is 5.91 Å². The van der Waals surface area contributed by atoms with Gasteiger partial charge < -0.3 is 10.2 Å². The number of aromatic nitrogens is 2. The number of likely N-dealkylation sites (N-methyl/N-ethyl adjacent to an activating group) is 1. The van der Waals surface area contributed by atoms with Crippen LogP contribution in [0.5, 0.6) is 0 Å². The number of rotatable bonds is 7. The summed E-state index contributed by atoms with van der Waals surface area (Å²) in [6.45, 7) is 7.68. The molecular weight excluding hydrogens is 324 g/mol. The van der Waals surface area contributed by atoms with Gasteiger partial charge in [-0.1, -0.05) is 38.1 Å². The molecule has 0 spiro atoms. The van der Waals surface area contributed by atoms with E-state index in [-0.39, 0.29) is 5.91 Å². The number of hydrogen-bond donors (Lipinski definition) is 1. The lowest BCUT2D eigenvalue weighted by Crippen LogP contribution is -2.34. The van der Waals surface area contributed by atoms with Crippen molar-refractivity contribution in [3.05, 3.63) is 60.3 Å². The molecular formula is C21H24N4O. The first-order chi connectivity index (χ1) is 12.7. The van der Waals surface area contributed by atoms with E-state index in [1.165, 1.54) is 0 Å². The van der Waals surface area contributed by atoms with Crippen LogP contribution in [0.25, 0.3) is 22.3 Å². The fourth-order valence-corrected chi connectivity index (χ4v) is 2.97. The van der Waals surface area contributed by atoms with Gasteiger partial charge in [-0.2, -0.15) is 0 Å². The molecule has 5 heteroatoms. The molecule has 0 unspecified atom stereocenters. The lowest BCUT2D eigenvalue weighted by Gasteiger charge is -2.18. The summed E-state index contributed by atoms with van der Waals surface area (Å²) in [5.41, 5.74) is 2.90. The minimum Gasteiger partial charge on any atom is -0.351 e. The summed E-state index contributed by atoms with van der Waals surface area (Å²) in [5.74, 6) is -0.0760. The molecule has 0 bridgehead atoms. The second-order valence-corrected chi connectivity index (χ2v) is 6.07. The normalized spacial score (nSPS) is 11.0. The van der Waals surface area contributed by atoms with Crippen molar-refractivity contribution in [2.24, 2.45) is 0 Å². The Morgan fingerprint density at radius 2 is 1.81 bits per heavy atom. The Bertz CT molecular complexity index is 876. The number of carbonyl (C=O) groups excluding carboxylic acids is 1. The summed E-state index contributed by atoms with van der Waals surface area (Å²) >= 11 is 0. The summed E-state index contributed by atoms with van der Waals surface area (Å²) in [6.07, 6.45) is 1.73. The van der Waals surface area contributed by atoms with Gasteiger partial charge >= 0.3 is 0 Å². The number of carbonyl (C=O) groups is 1. The quantitative estimate of drug-likeness (QED) is 0.711. The van der Waals surface area contributed by atoms with Crippen molar-refractivity contribution < 1.29 is 4.79 Å². The number of nitrogens with zero attached hydrogens (tertiary/aromatic N) is 3. The molecule has 0 aliphatic rings. The average Bonchev–Trinajstić information content (AvgIpc) is 2.71. The van der Waals surface area contributed by atoms with E-state index in [1.54, 1.807) is 6.20 Å². The van der Waals surface area contributed by atoms with Crippen LogP contribution in [0, 0.1) is 0 Å². The Morgan fingerprint density at radius 1 is 1.04 bits per heavy atom. The zero-order valence-corrected chi connectivity index (χ0v) is 15.3. The van der Waals surface area contributed by atoms with Crippen LogP contribution in [-0.4, -0.2) is 47.0 Å². The highest BCUT2D eigenvalue weighted by molar-refractivity contribution is 6.07. The van der Waals surface area contributed by atoms with E-state index in [0.29, 0.717) is 17.8 Å². The molecule has 0 aliphatic heterocycles. The maximum Gasteiger partial charge on any atom is 0.252 e. The Labute approximate surface area is 154 Å². The van der Waals surface area contributed by atoms with E-state index in [0.717, 1.165) is 36.2 Å². The van der Waals surface area contributed by atoms with Gasteiger partial charge in [0.15, 0.2) is 0 Å². The van der Waals surface area contributed by atoms with Crippen molar-refractivity contribution in [3.8, 4) is 11.4 Å². The molecule has 3 aromatic rings. The third kappa shape index (κ3) is 4.06. The van der Waals surface area contributed by atoms with Gasteiger partial charge in [0.2, 0.25) is 0 Å². The van der Waals surface area contributed by atoms with Crippen molar-refractivity contribution >= 4 is 16.8 Å². The number of nitrogens with one attached hydrogen (secondary N) is 1. The SMILES string of the molecule is CCN(CC)CCNC(=O)c1cc(-c2ccccn2)nc2ccccc12. The molecule has 5 nitrogen and oxygen atoms in total. The van der Waals surface area contributed by atoms with Gasteiger partial charge in [-0.05, 0) is 37.4 Å². The molecule has 1 amide bonds. The Hall–Kier alpha value is -2.79. The molecule has 0 radical (unpaired) electrons. The topological polar surface area (TPSA) is 58.1 Å². The summed E-state index contributed by atoms with van der Waals surface area (Å²) < 4.78 is 0. The number of hydrogen-bond acceptors (Lipinski definition) is 4. The van der Waals surface area contributed by atoms with Gasteiger partial charge in [0, 0.05) is 24.7 Å². The van der Waals surface area contributed by atoms with E-state index >= 15 is 0 Å². The molecule has 134 valence electrons. The number of benzene rings is 1. The number of amides is 1. The van der Waals surface area contributed by atoms with E-state index < -0.39 is 0 Å². The number of pyridine rings is 2. The minimum absolute atomic E-state index is 0.0760. The molecule has 2 heterocycles. The van der Waals surface area contributed by atoms with Crippen molar-refractivity contribution in [2.75, 3.05) is 26.2 Å². The lowest BCUT2D eigenvalue weighted by molar-refractivity contribution is 0.0950. The van der Waals surface area contributed by atoms with E-state index in [1.807, 2.05) is 48.5 Å². The second kappa shape index (κ2) is 8.54. The highest BCUT2D eigenvalue weighted by Crippen LogP contribution is 2.23. The summed E-state index contributed by atoms with van der Waals surface area (Å²) in [4.78, 5) is 24.1. The fourth-order valence-electron chi connectivity index (χ4n) is 2.97. The molecule has 0 saturated carbocycles.